The first-order valence-corrected chi connectivity index (χ1v) is 31.4. The van der Waals surface area contributed by atoms with Crippen LogP contribution < -0.4 is 21.1 Å². The fourth-order valence-electron chi connectivity index (χ4n) is 16.7. The highest BCUT2D eigenvalue weighted by atomic mass is 16.5. The number of fused-ring (bicyclic) bond motifs is 21. The average molecular weight is 1120 g/mol. The molecule has 0 radical (unpaired) electrons. The van der Waals surface area contributed by atoms with Gasteiger partial charge in [0.15, 0.2) is 0 Å². The third kappa shape index (κ3) is 7.02. The van der Waals surface area contributed by atoms with Gasteiger partial charge in [0.1, 0.15) is 11.5 Å². The summed E-state index contributed by atoms with van der Waals surface area (Å²) in [6.07, 6.45) is 0. The third-order valence-electron chi connectivity index (χ3n) is 20.3. The molecule has 11 aromatic carbocycles. The molecule has 0 bridgehead atoms. The molecule has 1 spiro atoms. The van der Waals surface area contributed by atoms with Crippen molar-refractivity contribution in [1.82, 2.24) is 9.13 Å². The predicted octanol–water partition coefficient (Wildman–Crippen LogP) is 19.7. The molecule has 0 fully saturated rings. The Hall–Kier alpha value is -9.12. The van der Waals surface area contributed by atoms with E-state index < -0.39 is 5.41 Å². The van der Waals surface area contributed by atoms with Crippen LogP contribution in [0.15, 0.2) is 212 Å². The summed E-state index contributed by atoms with van der Waals surface area (Å²) in [6, 6.07) is 81.8. The smallest absolute Gasteiger partial charge is 0.256 e. The van der Waals surface area contributed by atoms with Crippen molar-refractivity contribution in [2.24, 2.45) is 0 Å². The molecular weight excluding hydrogens is 1050 g/mol. The van der Waals surface area contributed by atoms with Gasteiger partial charge in [-0.25, -0.2) is 0 Å². The monoisotopic (exact) mass is 1120 g/mol. The third-order valence-corrected chi connectivity index (χ3v) is 20.3. The number of benzene rings is 11. The van der Waals surface area contributed by atoms with Crippen molar-refractivity contribution < 1.29 is 4.74 Å². The van der Waals surface area contributed by atoms with Gasteiger partial charge in [0.2, 0.25) is 0 Å². The number of rotatable bonds is 3. The Morgan fingerprint density at radius 2 is 0.874 bits per heavy atom. The average Bonchev–Trinajstić information content (AvgIpc) is 1.55. The van der Waals surface area contributed by atoms with Gasteiger partial charge in [0, 0.05) is 27.2 Å². The second-order valence-electron chi connectivity index (χ2n) is 29.6. The minimum Gasteiger partial charge on any atom is -0.458 e. The number of hydrogen-bond donors (Lipinski definition) is 0. The molecule has 3 nitrogen and oxygen atoms in total. The standard InChI is InChI=1S/C83H71BN2O/c1-79(2,3)61-37-26-38-62(80(4,5)6)74(61)49-41-71-76-73(42-49)87-72-47-64-56(52-31-18-23-36-60(52)83(64)58-34-21-16-29-50(58)51-30-17-22-35-59(51)83)44-66(72)84(76)67-45-57-53-32-19-24-39-68(53)85(77(57)75-54-33-20-25-40-69(54)86(71)78(67)75)70-46-63(81(7,8)9)55(43-65(70)82(10,11)12)48-27-14-13-15-28-48/h13-47H,1-12H3. The van der Waals surface area contributed by atoms with Crippen molar-refractivity contribution in [3.63, 3.8) is 0 Å². The number of para-hydroxylation sites is 2. The lowest BCUT2D eigenvalue weighted by atomic mass is 9.34. The van der Waals surface area contributed by atoms with E-state index >= 15 is 0 Å². The van der Waals surface area contributed by atoms with Gasteiger partial charge in [0.05, 0.1) is 33.2 Å². The highest BCUT2D eigenvalue weighted by Crippen LogP contribution is 2.63. The fourth-order valence-corrected chi connectivity index (χ4v) is 16.7. The van der Waals surface area contributed by atoms with Gasteiger partial charge in [-0.3, -0.25) is 0 Å². The van der Waals surface area contributed by atoms with Gasteiger partial charge in [-0.15, -0.1) is 0 Å². The molecule has 4 heterocycles. The van der Waals surface area contributed by atoms with Crippen molar-refractivity contribution in [3.05, 3.63) is 257 Å². The summed E-state index contributed by atoms with van der Waals surface area (Å²) in [4.78, 5) is 0. The Labute approximate surface area is 512 Å². The molecule has 0 unspecified atom stereocenters. The van der Waals surface area contributed by atoms with Crippen LogP contribution >= 0.6 is 0 Å². The number of nitrogens with zero attached hydrogens (tertiary/aromatic N) is 2. The van der Waals surface area contributed by atoms with E-state index in [4.69, 9.17) is 4.74 Å². The van der Waals surface area contributed by atoms with Gasteiger partial charge in [-0.1, -0.05) is 253 Å². The van der Waals surface area contributed by atoms with Gasteiger partial charge >= 0.3 is 0 Å². The lowest BCUT2D eigenvalue weighted by Crippen LogP contribution is -2.58. The molecule has 2 aliphatic carbocycles. The first kappa shape index (κ1) is 52.2. The molecule has 0 N–H and O–H groups in total. The summed E-state index contributed by atoms with van der Waals surface area (Å²) in [5.41, 5.74) is 30.6. The van der Waals surface area contributed by atoms with Gasteiger partial charge in [-0.05, 0) is 170 Å². The lowest BCUT2D eigenvalue weighted by Gasteiger charge is -2.36. The van der Waals surface area contributed by atoms with Crippen LogP contribution in [0.25, 0.3) is 99.5 Å². The summed E-state index contributed by atoms with van der Waals surface area (Å²) in [5.74, 6) is 1.84. The molecule has 0 amide bonds. The van der Waals surface area contributed by atoms with E-state index in [0.717, 1.165) is 11.5 Å². The summed E-state index contributed by atoms with van der Waals surface area (Å²) in [6.45, 7) is 28.3. The van der Waals surface area contributed by atoms with Gasteiger partial charge in [-0.2, -0.15) is 0 Å². The van der Waals surface area contributed by atoms with E-state index in [1.54, 1.807) is 0 Å². The van der Waals surface area contributed by atoms with E-state index in [1.807, 2.05) is 0 Å². The zero-order valence-corrected chi connectivity index (χ0v) is 52.1. The largest absolute Gasteiger partial charge is 0.458 e. The molecular formula is C83H71BN2O. The molecule has 17 rings (SSSR count). The van der Waals surface area contributed by atoms with E-state index in [9.17, 15) is 0 Å². The predicted molar refractivity (Wildman–Crippen MR) is 368 cm³/mol. The molecule has 0 saturated carbocycles. The Kier molecular flexibility index (Phi) is 10.5. The molecule has 422 valence electrons. The van der Waals surface area contributed by atoms with Crippen molar-refractivity contribution in [3.8, 4) is 67.4 Å². The van der Waals surface area contributed by atoms with E-state index in [2.05, 4.69) is 305 Å². The topological polar surface area (TPSA) is 19.1 Å². The van der Waals surface area contributed by atoms with Crippen LogP contribution in [0.1, 0.15) is 128 Å². The van der Waals surface area contributed by atoms with E-state index in [1.165, 1.54) is 160 Å². The Morgan fingerprint density at radius 3 is 1.48 bits per heavy atom. The molecule has 0 saturated heterocycles. The first-order chi connectivity index (χ1) is 41.7. The molecule has 13 aromatic rings. The quantitative estimate of drug-likeness (QED) is 0.161. The summed E-state index contributed by atoms with van der Waals surface area (Å²) in [5, 5.41) is 5.02. The van der Waals surface area contributed by atoms with Crippen molar-refractivity contribution in [2.75, 3.05) is 0 Å². The molecule has 87 heavy (non-hydrogen) atoms. The van der Waals surface area contributed by atoms with Crippen LogP contribution in [0.3, 0.4) is 0 Å². The first-order valence-electron chi connectivity index (χ1n) is 31.4. The lowest BCUT2D eigenvalue weighted by molar-refractivity contribution is 0.486. The Morgan fingerprint density at radius 1 is 0.345 bits per heavy atom. The van der Waals surface area contributed by atoms with Crippen molar-refractivity contribution in [1.29, 1.82) is 0 Å². The van der Waals surface area contributed by atoms with Gasteiger partial charge in [0.25, 0.3) is 6.71 Å². The van der Waals surface area contributed by atoms with Crippen LogP contribution in [-0.2, 0) is 27.1 Å². The minimum atomic E-state index is -0.525. The normalized spacial score (nSPS) is 14.4. The van der Waals surface area contributed by atoms with Crippen LogP contribution in [0.4, 0.5) is 0 Å². The minimum absolute atomic E-state index is 0.144. The van der Waals surface area contributed by atoms with E-state index in [0.29, 0.717) is 0 Å². The SMILES string of the molecule is CC(C)(C)c1cc(-n2c3ccccc3c3cc4c5c(c6ccccc6n5-c5cc(-c6c(C(C)(C)C)cccc6C(C)(C)C)cc6c5B4c4cc5c(cc4O6)C4(c6ccccc6-c6ccccc64)c4ccccc4-5)c32)c(C(C)(C)C)cc1-c1ccccc1. The van der Waals surface area contributed by atoms with Crippen LogP contribution in [0.2, 0.25) is 0 Å². The zero-order valence-electron chi connectivity index (χ0n) is 52.1. The Bertz CT molecular complexity index is 5090. The molecule has 0 atom stereocenters. The summed E-state index contributed by atoms with van der Waals surface area (Å²) >= 11 is 0. The number of hydrogen-bond acceptors (Lipinski definition) is 1. The van der Waals surface area contributed by atoms with Crippen LogP contribution in [0, 0.1) is 0 Å². The molecule has 2 aromatic heterocycles. The maximum absolute atomic E-state index is 7.87. The van der Waals surface area contributed by atoms with Crippen LogP contribution in [0.5, 0.6) is 11.5 Å². The van der Waals surface area contributed by atoms with E-state index in [-0.39, 0.29) is 28.4 Å². The molecule has 2 aliphatic heterocycles. The molecule has 4 heteroatoms. The van der Waals surface area contributed by atoms with Crippen molar-refractivity contribution >= 4 is 66.7 Å². The highest BCUT2D eigenvalue weighted by Gasteiger charge is 2.53. The van der Waals surface area contributed by atoms with Gasteiger partial charge < -0.3 is 13.9 Å². The number of aromatic nitrogens is 2. The second kappa shape index (κ2) is 17.5. The molecule has 4 aliphatic rings. The fraction of sp³-hybridized carbons (Fsp3) is 0.205. The summed E-state index contributed by atoms with van der Waals surface area (Å²) in [7, 11) is 0. The zero-order chi connectivity index (χ0) is 59.6. The van der Waals surface area contributed by atoms with Crippen LogP contribution in [-0.4, -0.2) is 15.8 Å². The maximum Gasteiger partial charge on any atom is 0.256 e. The second-order valence-corrected chi connectivity index (χ2v) is 29.6. The number of ether oxygens (including phenoxy) is 1. The highest BCUT2D eigenvalue weighted by molar-refractivity contribution is 6.99. The maximum atomic E-state index is 7.87. The Balaban J connectivity index is 1.04. The summed E-state index contributed by atoms with van der Waals surface area (Å²) < 4.78 is 13.2. The van der Waals surface area contributed by atoms with Crippen molar-refractivity contribution in [2.45, 2.75) is 110 Å².